The number of carbonyl (C=O) groups is 2. The number of anilines is 1. The predicted octanol–water partition coefficient (Wildman–Crippen LogP) is 2.86. The fourth-order valence-corrected chi connectivity index (χ4v) is 2.68. The Morgan fingerprint density at radius 2 is 2.11 bits per heavy atom. The van der Waals surface area contributed by atoms with Crippen LogP contribution < -0.4 is 5.32 Å². The van der Waals surface area contributed by atoms with Crippen molar-refractivity contribution in [1.29, 1.82) is 0 Å². The van der Waals surface area contributed by atoms with Gasteiger partial charge in [-0.15, -0.1) is 11.3 Å². The molecule has 0 aliphatic carbocycles. The number of carboxylic acids is 1. The lowest BCUT2D eigenvalue weighted by Crippen LogP contribution is -2.11. The molecule has 0 aliphatic heterocycles. The molecule has 0 saturated carbocycles. The molecule has 2 aromatic rings. The van der Waals surface area contributed by atoms with Crippen molar-refractivity contribution in [1.82, 2.24) is 4.98 Å². The lowest BCUT2D eigenvalue weighted by molar-refractivity contribution is 0.0690. The zero-order valence-electron chi connectivity index (χ0n) is 8.88. The van der Waals surface area contributed by atoms with Crippen LogP contribution in [0.25, 0.3) is 0 Å². The Labute approximate surface area is 115 Å². The van der Waals surface area contributed by atoms with Crippen molar-refractivity contribution in [3.05, 3.63) is 44.8 Å². The van der Waals surface area contributed by atoms with Crippen LogP contribution in [0.3, 0.4) is 0 Å². The molecule has 5 nitrogen and oxygen atoms in total. The van der Waals surface area contributed by atoms with Gasteiger partial charge in [0, 0.05) is 4.47 Å². The van der Waals surface area contributed by atoms with E-state index < -0.39 is 5.97 Å². The summed E-state index contributed by atoms with van der Waals surface area (Å²) in [7, 11) is 0. The largest absolute Gasteiger partial charge is 0.477 e. The lowest BCUT2D eigenvalue weighted by atomic mass is 10.3. The Hall–Kier alpha value is -1.73. The van der Waals surface area contributed by atoms with Gasteiger partial charge in [-0.3, -0.25) is 4.79 Å². The number of nitrogens with one attached hydrogen (secondary N) is 1. The van der Waals surface area contributed by atoms with Crippen molar-refractivity contribution in [2.45, 2.75) is 0 Å². The van der Waals surface area contributed by atoms with Crippen molar-refractivity contribution < 1.29 is 14.7 Å². The second-order valence-corrected chi connectivity index (χ2v) is 5.06. The van der Waals surface area contributed by atoms with Crippen molar-refractivity contribution in [2.75, 3.05) is 5.32 Å². The van der Waals surface area contributed by atoms with Gasteiger partial charge in [-0.1, -0.05) is 0 Å². The summed E-state index contributed by atoms with van der Waals surface area (Å²) >= 11 is 4.58. The first kappa shape index (κ1) is 12.7. The summed E-state index contributed by atoms with van der Waals surface area (Å²) in [5.74, 6) is -1.37. The van der Waals surface area contributed by atoms with E-state index in [2.05, 4.69) is 26.2 Å². The Bertz CT molecular complexity index is 595. The number of amides is 1. The SMILES string of the molecule is O=C(O)c1ccc(NC(=O)c2sccc2Br)cn1. The fraction of sp³-hybridized carbons (Fsp3) is 0. The maximum atomic E-state index is 11.8. The number of rotatable bonds is 3. The van der Waals surface area contributed by atoms with Gasteiger partial charge >= 0.3 is 5.97 Å². The van der Waals surface area contributed by atoms with E-state index in [4.69, 9.17) is 5.11 Å². The quantitative estimate of drug-likeness (QED) is 0.908. The van der Waals surface area contributed by atoms with E-state index in [1.165, 1.54) is 29.7 Å². The second kappa shape index (κ2) is 5.28. The zero-order chi connectivity index (χ0) is 13.1. The number of nitrogens with zero attached hydrogens (tertiary/aromatic N) is 1. The summed E-state index contributed by atoms with van der Waals surface area (Å²) in [6.07, 6.45) is 1.31. The van der Waals surface area contributed by atoms with Gasteiger partial charge in [0.15, 0.2) is 0 Å². The summed E-state index contributed by atoms with van der Waals surface area (Å²) in [5, 5.41) is 13.1. The number of aromatic carboxylic acids is 1. The van der Waals surface area contributed by atoms with E-state index in [0.717, 1.165) is 4.47 Å². The zero-order valence-corrected chi connectivity index (χ0v) is 11.3. The van der Waals surface area contributed by atoms with Crippen LogP contribution in [0.4, 0.5) is 5.69 Å². The fourth-order valence-electron chi connectivity index (χ4n) is 1.24. The molecule has 2 rings (SSSR count). The molecule has 18 heavy (non-hydrogen) atoms. The first-order valence-corrected chi connectivity index (χ1v) is 6.49. The van der Waals surface area contributed by atoms with Crippen LogP contribution >= 0.6 is 27.3 Å². The molecule has 7 heteroatoms. The molecule has 2 aromatic heterocycles. The van der Waals surface area contributed by atoms with Gasteiger partial charge in [-0.2, -0.15) is 0 Å². The summed E-state index contributed by atoms with van der Waals surface area (Å²) in [6, 6.07) is 4.61. The molecule has 2 heterocycles. The lowest BCUT2D eigenvalue weighted by Gasteiger charge is -2.03. The first-order chi connectivity index (χ1) is 8.58. The highest BCUT2D eigenvalue weighted by atomic mass is 79.9. The summed E-state index contributed by atoms with van der Waals surface area (Å²) in [5.41, 5.74) is 0.385. The smallest absolute Gasteiger partial charge is 0.354 e. The maximum Gasteiger partial charge on any atom is 0.354 e. The number of carbonyl (C=O) groups excluding carboxylic acids is 1. The van der Waals surface area contributed by atoms with E-state index in [1.807, 2.05) is 0 Å². The van der Waals surface area contributed by atoms with E-state index in [1.54, 1.807) is 11.4 Å². The van der Waals surface area contributed by atoms with E-state index in [9.17, 15) is 9.59 Å². The molecule has 2 N–H and O–H groups in total. The second-order valence-electron chi connectivity index (χ2n) is 3.29. The van der Waals surface area contributed by atoms with Gasteiger partial charge in [0.2, 0.25) is 0 Å². The number of carboxylic acid groups (broad SMARTS) is 1. The van der Waals surface area contributed by atoms with E-state index >= 15 is 0 Å². The van der Waals surface area contributed by atoms with E-state index in [0.29, 0.717) is 10.6 Å². The van der Waals surface area contributed by atoms with Crippen molar-refractivity contribution >= 4 is 44.8 Å². The minimum absolute atomic E-state index is 0.0645. The van der Waals surface area contributed by atoms with Gasteiger partial charge in [0.25, 0.3) is 5.91 Å². The van der Waals surface area contributed by atoms with Crippen LogP contribution in [0.5, 0.6) is 0 Å². The topological polar surface area (TPSA) is 79.3 Å². The predicted molar refractivity (Wildman–Crippen MR) is 71.2 cm³/mol. The third-order valence-electron chi connectivity index (χ3n) is 2.06. The number of halogens is 1. The highest BCUT2D eigenvalue weighted by Crippen LogP contribution is 2.23. The number of pyridine rings is 1. The molecule has 0 unspecified atom stereocenters. The molecule has 0 saturated heterocycles. The Morgan fingerprint density at radius 3 is 2.61 bits per heavy atom. The molecule has 0 spiro atoms. The first-order valence-electron chi connectivity index (χ1n) is 4.81. The van der Waals surface area contributed by atoms with Crippen LogP contribution in [-0.4, -0.2) is 22.0 Å². The molecule has 0 fully saturated rings. The average molecular weight is 327 g/mol. The molecule has 0 aliphatic rings. The highest BCUT2D eigenvalue weighted by Gasteiger charge is 2.12. The molecule has 0 atom stereocenters. The summed E-state index contributed by atoms with van der Waals surface area (Å²) in [6.45, 7) is 0. The van der Waals surface area contributed by atoms with Gasteiger partial charge in [-0.05, 0) is 39.5 Å². The van der Waals surface area contributed by atoms with Crippen molar-refractivity contribution in [3.63, 3.8) is 0 Å². The van der Waals surface area contributed by atoms with Gasteiger partial charge < -0.3 is 10.4 Å². The van der Waals surface area contributed by atoms with Gasteiger partial charge in [0.05, 0.1) is 11.9 Å². The normalized spacial score (nSPS) is 10.1. The molecule has 92 valence electrons. The summed E-state index contributed by atoms with van der Waals surface area (Å²) in [4.78, 5) is 26.7. The molecule has 0 radical (unpaired) electrons. The van der Waals surface area contributed by atoms with Crippen molar-refractivity contribution in [3.8, 4) is 0 Å². The van der Waals surface area contributed by atoms with Gasteiger partial charge in [-0.25, -0.2) is 9.78 Å². The Balaban J connectivity index is 2.13. The third kappa shape index (κ3) is 2.74. The third-order valence-corrected chi connectivity index (χ3v) is 3.90. The molecular weight excluding hydrogens is 320 g/mol. The number of aromatic nitrogens is 1. The Kier molecular flexibility index (Phi) is 3.73. The van der Waals surface area contributed by atoms with Crippen LogP contribution in [0, 0.1) is 0 Å². The standard InChI is InChI=1S/C11H7BrN2O3S/c12-7-3-4-18-9(7)10(15)14-6-1-2-8(11(16)17)13-5-6/h1-5H,(H,14,15)(H,16,17). The number of hydrogen-bond donors (Lipinski definition) is 2. The number of hydrogen-bond acceptors (Lipinski definition) is 4. The minimum atomic E-state index is -1.10. The monoisotopic (exact) mass is 326 g/mol. The van der Waals surface area contributed by atoms with E-state index in [-0.39, 0.29) is 11.6 Å². The van der Waals surface area contributed by atoms with Crippen LogP contribution in [0.1, 0.15) is 20.2 Å². The molecule has 1 amide bonds. The molecule has 0 bridgehead atoms. The van der Waals surface area contributed by atoms with Crippen LogP contribution in [0.15, 0.2) is 34.2 Å². The Morgan fingerprint density at radius 1 is 1.33 bits per heavy atom. The molecular formula is C11H7BrN2O3S. The summed E-state index contributed by atoms with van der Waals surface area (Å²) < 4.78 is 0.722. The average Bonchev–Trinajstić information content (AvgIpc) is 2.76. The van der Waals surface area contributed by atoms with Crippen LogP contribution in [0.2, 0.25) is 0 Å². The van der Waals surface area contributed by atoms with Crippen molar-refractivity contribution in [2.24, 2.45) is 0 Å². The van der Waals surface area contributed by atoms with Gasteiger partial charge in [0.1, 0.15) is 10.6 Å². The maximum absolute atomic E-state index is 11.8. The molecule has 0 aromatic carbocycles. The van der Waals surface area contributed by atoms with Crippen LogP contribution in [-0.2, 0) is 0 Å². The minimum Gasteiger partial charge on any atom is -0.477 e. The number of thiophene rings is 1. The highest BCUT2D eigenvalue weighted by molar-refractivity contribution is 9.10.